The van der Waals surface area contributed by atoms with Crippen LogP contribution in [0.2, 0.25) is 0 Å². The number of hydrogen-bond donors (Lipinski definition) is 1. The van der Waals surface area contributed by atoms with Crippen LogP contribution < -0.4 is 0 Å². The number of para-hydroxylation sites is 1. The lowest BCUT2D eigenvalue weighted by molar-refractivity contribution is -0.143. The molecule has 1 aliphatic rings. The fourth-order valence-corrected chi connectivity index (χ4v) is 5.57. The Balaban J connectivity index is 1.44. The molecule has 1 atom stereocenters. The van der Waals surface area contributed by atoms with Gasteiger partial charge in [0, 0.05) is 74.5 Å². The molecule has 1 aliphatic heterocycles. The van der Waals surface area contributed by atoms with Gasteiger partial charge in [-0.15, -0.1) is 0 Å². The van der Waals surface area contributed by atoms with Crippen LogP contribution in [-0.4, -0.2) is 71.3 Å². The second kappa shape index (κ2) is 12.0. The molecule has 2 amide bonds. The van der Waals surface area contributed by atoms with E-state index in [0.717, 1.165) is 22.0 Å². The van der Waals surface area contributed by atoms with Crippen molar-refractivity contribution in [3.8, 4) is 0 Å². The van der Waals surface area contributed by atoms with E-state index in [-0.39, 0.29) is 18.5 Å². The Labute approximate surface area is 249 Å². The van der Waals surface area contributed by atoms with Crippen LogP contribution >= 0.6 is 0 Å². The van der Waals surface area contributed by atoms with Crippen LogP contribution in [0, 0.1) is 0 Å². The number of amides is 2. The lowest BCUT2D eigenvalue weighted by atomic mass is 9.98. The first-order valence-electron chi connectivity index (χ1n) is 13.9. The number of halogens is 6. The molecule has 2 heterocycles. The molecule has 0 bridgehead atoms. The third kappa shape index (κ3) is 6.75. The van der Waals surface area contributed by atoms with Crippen molar-refractivity contribution in [1.82, 2.24) is 19.7 Å². The summed E-state index contributed by atoms with van der Waals surface area (Å²) in [5.41, 5.74) is -0.530. The molecule has 5 rings (SSSR count). The van der Waals surface area contributed by atoms with Crippen molar-refractivity contribution in [1.29, 1.82) is 0 Å². The molecular weight excluding hydrogens is 586 g/mol. The van der Waals surface area contributed by atoms with Crippen molar-refractivity contribution in [2.75, 3.05) is 33.7 Å². The quantitative estimate of drug-likeness (QED) is 0.253. The number of alkyl halides is 6. The van der Waals surface area contributed by atoms with Crippen LogP contribution in [0.5, 0.6) is 0 Å². The van der Waals surface area contributed by atoms with Crippen molar-refractivity contribution in [3.63, 3.8) is 0 Å². The number of rotatable bonds is 6. The number of nitrogens with one attached hydrogen (secondary N) is 1. The highest BCUT2D eigenvalue weighted by atomic mass is 19.4. The third-order valence-corrected chi connectivity index (χ3v) is 7.81. The van der Waals surface area contributed by atoms with Gasteiger partial charge in [0.2, 0.25) is 0 Å². The van der Waals surface area contributed by atoms with E-state index in [9.17, 15) is 35.9 Å². The highest BCUT2D eigenvalue weighted by Gasteiger charge is 2.39. The van der Waals surface area contributed by atoms with Crippen LogP contribution in [0.3, 0.4) is 0 Å². The maximum absolute atomic E-state index is 13.7. The number of H-pyrrole nitrogens is 1. The first kappa shape index (κ1) is 31.1. The molecule has 4 aromatic rings. The van der Waals surface area contributed by atoms with E-state index in [4.69, 9.17) is 0 Å². The van der Waals surface area contributed by atoms with Gasteiger partial charge in [0.05, 0.1) is 11.1 Å². The van der Waals surface area contributed by atoms with Crippen molar-refractivity contribution >= 4 is 22.7 Å². The van der Waals surface area contributed by atoms with Crippen LogP contribution in [0.1, 0.15) is 43.0 Å². The monoisotopic (exact) mass is 616 g/mol. The molecule has 44 heavy (non-hydrogen) atoms. The molecule has 1 N–H and O–H groups in total. The van der Waals surface area contributed by atoms with Gasteiger partial charge in [-0.1, -0.05) is 30.3 Å². The first-order chi connectivity index (χ1) is 20.7. The zero-order valence-electron chi connectivity index (χ0n) is 24.0. The number of carbonyl (C=O) groups excluding carboxylic acids is 2. The van der Waals surface area contributed by atoms with Crippen molar-refractivity contribution in [2.24, 2.45) is 0 Å². The molecule has 0 radical (unpaired) electrons. The molecule has 6 nitrogen and oxygen atoms in total. The van der Waals surface area contributed by atoms with Crippen molar-refractivity contribution in [3.05, 3.63) is 106 Å². The molecule has 0 aliphatic carbocycles. The van der Waals surface area contributed by atoms with Gasteiger partial charge in [-0.3, -0.25) is 14.5 Å². The van der Waals surface area contributed by atoms with E-state index in [0.29, 0.717) is 43.8 Å². The third-order valence-electron chi connectivity index (χ3n) is 7.81. The zero-order chi connectivity index (χ0) is 31.8. The highest BCUT2D eigenvalue weighted by molar-refractivity contribution is 5.95. The minimum atomic E-state index is -5.06. The average Bonchev–Trinajstić information content (AvgIpc) is 3.38. The average molecular weight is 617 g/mol. The summed E-state index contributed by atoms with van der Waals surface area (Å²) < 4.78 is 81.4. The minimum absolute atomic E-state index is 0.0233. The number of benzene rings is 3. The summed E-state index contributed by atoms with van der Waals surface area (Å²) in [5, 5.41) is 0.914. The van der Waals surface area contributed by atoms with E-state index >= 15 is 0 Å². The molecule has 0 saturated carbocycles. The van der Waals surface area contributed by atoms with Crippen molar-refractivity contribution in [2.45, 2.75) is 31.4 Å². The number of hydrogen-bond acceptors (Lipinski definition) is 3. The second-order valence-corrected chi connectivity index (χ2v) is 11.1. The summed E-state index contributed by atoms with van der Waals surface area (Å²) in [6.45, 7) is 1.25. The minimum Gasteiger partial charge on any atom is -0.361 e. The first-order valence-corrected chi connectivity index (χ1v) is 13.9. The molecule has 232 valence electrons. The zero-order valence-corrected chi connectivity index (χ0v) is 24.0. The summed E-state index contributed by atoms with van der Waals surface area (Å²) in [7, 11) is 3.32. The second-order valence-electron chi connectivity index (χ2n) is 11.1. The Hall–Kier alpha value is -4.32. The van der Waals surface area contributed by atoms with Gasteiger partial charge in [-0.2, -0.15) is 26.3 Å². The summed E-state index contributed by atoms with van der Waals surface area (Å²) in [4.78, 5) is 34.1. The Kier molecular flexibility index (Phi) is 8.48. The molecule has 0 spiro atoms. The van der Waals surface area contributed by atoms with Crippen molar-refractivity contribution < 1.29 is 35.9 Å². The summed E-state index contributed by atoms with van der Waals surface area (Å²) in [5.74, 6) is -1.02. The molecule has 1 aromatic heterocycles. The Bertz CT molecular complexity index is 1630. The fraction of sp³-hybridized carbons (Fsp3) is 0.312. The number of fused-ring (bicyclic) bond motifs is 1. The van der Waals surface area contributed by atoms with Gasteiger partial charge in [0.15, 0.2) is 0 Å². The summed E-state index contributed by atoms with van der Waals surface area (Å²) >= 11 is 0. The maximum atomic E-state index is 13.7. The molecule has 1 saturated heterocycles. The molecule has 1 fully saturated rings. The SMILES string of the molecule is CN(C)C(=O)c1ccc(CN2CCN(C(=O)c3cc(C(F)(F)F)cc(C(F)(F)F)c3)C(Cc3c[nH]c4ccccc34)C2)cc1. The summed E-state index contributed by atoms with van der Waals surface area (Å²) in [6, 6.07) is 15.1. The van der Waals surface area contributed by atoms with Crippen LogP contribution in [0.25, 0.3) is 10.9 Å². The Morgan fingerprint density at radius 3 is 2.11 bits per heavy atom. The number of nitrogens with zero attached hydrogens (tertiary/aromatic N) is 3. The predicted molar refractivity (Wildman–Crippen MR) is 153 cm³/mol. The predicted octanol–water partition coefficient (Wildman–Crippen LogP) is 6.48. The van der Waals surface area contributed by atoms with Gasteiger partial charge >= 0.3 is 12.4 Å². The highest BCUT2D eigenvalue weighted by Crippen LogP contribution is 2.37. The fourth-order valence-electron chi connectivity index (χ4n) is 5.57. The van der Waals surface area contributed by atoms with Crippen LogP contribution in [0.15, 0.2) is 72.9 Å². The van der Waals surface area contributed by atoms with Gasteiger partial charge in [-0.05, 0) is 53.9 Å². The lowest BCUT2D eigenvalue weighted by Gasteiger charge is -2.42. The number of aromatic amines is 1. The number of aromatic nitrogens is 1. The largest absolute Gasteiger partial charge is 0.416 e. The van der Waals surface area contributed by atoms with Gasteiger partial charge in [-0.25, -0.2) is 0 Å². The molecule has 3 aromatic carbocycles. The van der Waals surface area contributed by atoms with Crippen LogP contribution in [0.4, 0.5) is 26.3 Å². The van der Waals surface area contributed by atoms with E-state index in [1.54, 1.807) is 32.4 Å². The smallest absolute Gasteiger partial charge is 0.361 e. The molecule has 1 unspecified atom stereocenters. The Morgan fingerprint density at radius 2 is 1.50 bits per heavy atom. The van der Waals surface area contributed by atoms with Gasteiger partial charge < -0.3 is 14.8 Å². The van der Waals surface area contributed by atoms with E-state index in [1.165, 1.54) is 9.80 Å². The van der Waals surface area contributed by atoms with Gasteiger partial charge in [0.25, 0.3) is 11.8 Å². The lowest BCUT2D eigenvalue weighted by Crippen LogP contribution is -2.55. The topological polar surface area (TPSA) is 59.7 Å². The number of carbonyl (C=O) groups is 2. The molecule has 12 heteroatoms. The standard InChI is InChI=1S/C32H30F6N4O2/c1-40(2)29(43)21-9-7-20(8-10-21)18-41-11-12-42(26(19-41)15-23-17-39-28-6-4-3-5-27(23)28)30(44)22-13-24(31(33,34)35)16-25(14-22)32(36,37)38/h3-10,13-14,16-17,26,39H,11-12,15,18-19H2,1-2H3. The van der Waals surface area contributed by atoms with Crippen LogP contribution in [-0.2, 0) is 25.3 Å². The van der Waals surface area contributed by atoms with E-state index < -0.39 is 41.0 Å². The van der Waals surface area contributed by atoms with E-state index in [1.807, 2.05) is 36.4 Å². The maximum Gasteiger partial charge on any atom is 0.416 e. The Morgan fingerprint density at radius 1 is 0.864 bits per heavy atom. The molecular formula is C32H30F6N4O2. The van der Waals surface area contributed by atoms with E-state index in [2.05, 4.69) is 9.88 Å². The number of piperazine rings is 1. The van der Waals surface area contributed by atoms with Gasteiger partial charge in [0.1, 0.15) is 0 Å². The normalized spacial score (nSPS) is 16.4. The summed E-state index contributed by atoms with van der Waals surface area (Å²) in [6.07, 6.45) is -8.00.